The fraction of sp³-hybridized carbons (Fsp3) is 0.138. The van der Waals surface area contributed by atoms with Crippen molar-refractivity contribution in [1.29, 1.82) is 0 Å². The molecule has 3 amide bonds. The van der Waals surface area contributed by atoms with Gasteiger partial charge in [-0.3, -0.25) is 19.2 Å². The molecule has 0 bridgehead atoms. The Labute approximate surface area is 245 Å². The third-order valence-corrected chi connectivity index (χ3v) is 6.19. The number of carboxylic acid groups (broad SMARTS) is 1. The van der Waals surface area contributed by atoms with Crippen LogP contribution in [-0.4, -0.2) is 61.6 Å². The standard InChI is InChI=1S/C29H26ClN7O5/c30-22-9-12-25(37-18-32-35-36-37)21(17-22)8-13-26(38)34-24(16-19-4-2-1-3-5-19)29(42)33-23-10-6-20(7-11-23)28(41)31-15-14-27(39)40/h1-13,17-18,24H,14-16H2,(H,31,41)(H,33,42)(H,34,38)(H,39,40). The minimum absolute atomic E-state index is 0.00174. The summed E-state index contributed by atoms with van der Waals surface area (Å²) in [5.74, 6) is -2.42. The summed E-state index contributed by atoms with van der Waals surface area (Å²) in [7, 11) is 0. The lowest BCUT2D eigenvalue weighted by atomic mass is 10.0. The quantitative estimate of drug-likeness (QED) is 0.183. The SMILES string of the molecule is O=C(O)CCNC(=O)c1ccc(NC(=O)C(Cc2ccccc2)NC(=O)C=Cc2cc(Cl)ccc2-n2cnnn2)cc1. The maximum absolute atomic E-state index is 13.3. The molecule has 0 saturated carbocycles. The second-order valence-corrected chi connectivity index (χ2v) is 9.44. The lowest BCUT2D eigenvalue weighted by Gasteiger charge is -2.18. The largest absolute Gasteiger partial charge is 0.481 e. The first-order chi connectivity index (χ1) is 20.3. The van der Waals surface area contributed by atoms with Crippen molar-refractivity contribution in [3.05, 3.63) is 107 Å². The molecule has 0 radical (unpaired) electrons. The number of nitrogens with one attached hydrogen (secondary N) is 3. The zero-order chi connectivity index (χ0) is 29.9. The van der Waals surface area contributed by atoms with Crippen molar-refractivity contribution in [1.82, 2.24) is 30.8 Å². The summed E-state index contributed by atoms with van der Waals surface area (Å²) in [6.07, 6.45) is 4.30. The molecule has 0 aliphatic rings. The number of aromatic nitrogens is 4. The zero-order valence-corrected chi connectivity index (χ0v) is 22.9. The van der Waals surface area contributed by atoms with Gasteiger partial charge in [0.1, 0.15) is 12.4 Å². The van der Waals surface area contributed by atoms with Gasteiger partial charge in [-0.25, -0.2) is 0 Å². The predicted octanol–water partition coefficient (Wildman–Crippen LogP) is 2.90. The van der Waals surface area contributed by atoms with Gasteiger partial charge in [0.2, 0.25) is 11.8 Å². The molecule has 1 atom stereocenters. The van der Waals surface area contributed by atoms with Crippen LogP contribution in [0, 0.1) is 0 Å². The average molecular weight is 588 g/mol. The number of carboxylic acids is 1. The number of anilines is 1. The molecule has 0 aliphatic carbocycles. The van der Waals surface area contributed by atoms with E-state index in [1.54, 1.807) is 36.4 Å². The summed E-state index contributed by atoms with van der Waals surface area (Å²) in [6.45, 7) is -0.00174. The van der Waals surface area contributed by atoms with Gasteiger partial charge >= 0.3 is 5.97 Å². The summed E-state index contributed by atoms with van der Waals surface area (Å²) in [5, 5.41) is 28.4. The molecule has 0 fully saturated rings. The van der Waals surface area contributed by atoms with Gasteiger partial charge in [-0.1, -0.05) is 41.9 Å². The zero-order valence-electron chi connectivity index (χ0n) is 22.1. The second kappa shape index (κ2) is 14.3. The Balaban J connectivity index is 1.45. The van der Waals surface area contributed by atoms with Gasteiger partial charge in [0.25, 0.3) is 5.91 Å². The average Bonchev–Trinajstić information content (AvgIpc) is 3.51. The monoisotopic (exact) mass is 587 g/mol. The molecule has 0 spiro atoms. The second-order valence-electron chi connectivity index (χ2n) is 9.01. The number of aliphatic carboxylic acids is 1. The first-order valence-electron chi connectivity index (χ1n) is 12.7. The van der Waals surface area contributed by atoms with Crippen LogP contribution >= 0.6 is 11.6 Å². The predicted molar refractivity (Wildman–Crippen MR) is 155 cm³/mol. The summed E-state index contributed by atoms with van der Waals surface area (Å²) in [6, 6.07) is 19.5. The maximum atomic E-state index is 13.3. The number of carbonyl (C=O) groups is 4. The third-order valence-electron chi connectivity index (χ3n) is 5.95. The van der Waals surface area contributed by atoms with E-state index < -0.39 is 29.7 Å². The molecule has 1 aromatic heterocycles. The van der Waals surface area contributed by atoms with E-state index in [1.807, 2.05) is 30.3 Å². The van der Waals surface area contributed by atoms with Crippen molar-refractivity contribution in [2.24, 2.45) is 0 Å². The van der Waals surface area contributed by atoms with Gasteiger partial charge in [0.15, 0.2) is 0 Å². The van der Waals surface area contributed by atoms with Crippen LogP contribution in [0.4, 0.5) is 5.69 Å². The molecular formula is C29H26ClN7O5. The molecular weight excluding hydrogens is 562 g/mol. The van der Waals surface area contributed by atoms with E-state index in [2.05, 4.69) is 31.5 Å². The minimum atomic E-state index is -1.01. The van der Waals surface area contributed by atoms with Crippen molar-refractivity contribution in [2.45, 2.75) is 18.9 Å². The lowest BCUT2D eigenvalue weighted by Crippen LogP contribution is -2.44. The number of nitrogens with zero attached hydrogens (tertiary/aromatic N) is 4. The Morgan fingerprint density at radius 2 is 1.76 bits per heavy atom. The van der Waals surface area contributed by atoms with E-state index in [1.165, 1.54) is 29.2 Å². The van der Waals surface area contributed by atoms with Crippen LogP contribution < -0.4 is 16.0 Å². The molecule has 4 aromatic rings. The van der Waals surface area contributed by atoms with Crippen molar-refractivity contribution in [2.75, 3.05) is 11.9 Å². The number of halogens is 1. The van der Waals surface area contributed by atoms with Crippen molar-refractivity contribution < 1.29 is 24.3 Å². The molecule has 3 aromatic carbocycles. The van der Waals surface area contributed by atoms with Crippen LogP contribution in [-0.2, 0) is 20.8 Å². The van der Waals surface area contributed by atoms with Gasteiger partial charge in [-0.2, -0.15) is 4.68 Å². The molecule has 0 aliphatic heterocycles. The molecule has 0 saturated heterocycles. The summed E-state index contributed by atoms with van der Waals surface area (Å²) < 4.78 is 1.44. The van der Waals surface area contributed by atoms with Crippen molar-refractivity contribution >= 4 is 47.1 Å². The summed E-state index contributed by atoms with van der Waals surface area (Å²) >= 11 is 6.16. The lowest BCUT2D eigenvalue weighted by molar-refractivity contribution is -0.136. The normalized spacial score (nSPS) is 11.5. The fourth-order valence-corrected chi connectivity index (χ4v) is 4.08. The third kappa shape index (κ3) is 8.57. The Morgan fingerprint density at radius 1 is 1.00 bits per heavy atom. The number of hydrogen-bond acceptors (Lipinski definition) is 7. The van der Waals surface area contributed by atoms with Gasteiger partial charge in [0, 0.05) is 40.9 Å². The smallest absolute Gasteiger partial charge is 0.305 e. The van der Waals surface area contributed by atoms with Crippen LogP contribution in [0.15, 0.2) is 85.2 Å². The fourth-order valence-electron chi connectivity index (χ4n) is 3.90. The van der Waals surface area contributed by atoms with Crippen molar-refractivity contribution in [3.8, 4) is 5.69 Å². The molecule has 13 heteroatoms. The number of benzene rings is 3. The van der Waals surface area contributed by atoms with Gasteiger partial charge in [-0.05, 0) is 64.5 Å². The highest BCUT2D eigenvalue weighted by molar-refractivity contribution is 6.30. The summed E-state index contributed by atoms with van der Waals surface area (Å²) in [5.41, 5.74) is 2.74. The number of hydrogen-bond donors (Lipinski definition) is 4. The highest BCUT2D eigenvalue weighted by Crippen LogP contribution is 2.20. The van der Waals surface area contributed by atoms with E-state index >= 15 is 0 Å². The first-order valence-corrected chi connectivity index (χ1v) is 13.1. The summed E-state index contributed by atoms with van der Waals surface area (Å²) in [4.78, 5) is 49.1. The minimum Gasteiger partial charge on any atom is -0.481 e. The molecule has 1 unspecified atom stereocenters. The molecule has 42 heavy (non-hydrogen) atoms. The van der Waals surface area contributed by atoms with Crippen LogP contribution in [0.2, 0.25) is 5.02 Å². The highest BCUT2D eigenvalue weighted by Gasteiger charge is 2.21. The maximum Gasteiger partial charge on any atom is 0.305 e. The first kappa shape index (κ1) is 29.6. The van der Waals surface area contributed by atoms with Gasteiger partial charge < -0.3 is 21.1 Å². The van der Waals surface area contributed by atoms with Crippen LogP contribution in [0.5, 0.6) is 0 Å². The number of amides is 3. The van der Waals surface area contributed by atoms with E-state index in [-0.39, 0.29) is 19.4 Å². The number of carbonyl (C=O) groups excluding carboxylic acids is 3. The topological polar surface area (TPSA) is 168 Å². The number of rotatable bonds is 12. The Hall–Kier alpha value is -5.36. The van der Waals surface area contributed by atoms with Crippen LogP contribution in [0.25, 0.3) is 11.8 Å². The number of tetrazole rings is 1. The van der Waals surface area contributed by atoms with E-state index in [0.29, 0.717) is 27.5 Å². The Bertz CT molecular complexity index is 1580. The molecule has 214 valence electrons. The van der Waals surface area contributed by atoms with Gasteiger partial charge in [0.05, 0.1) is 12.1 Å². The van der Waals surface area contributed by atoms with Crippen LogP contribution in [0.3, 0.4) is 0 Å². The van der Waals surface area contributed by atoms with Crippen molar-refractivity contribution in [3.63, 3.8) is 0 Å². The Kier molecular flexibility index (Phi) is 10.1. The molecule has 4 rings (SSSR count). The van der Waals surface area contributed by atoms with Crippen LogP contribution in [0.1, 0.15) is 27.9 Å². The Morgan fingerprint density at radius 3 is 2.45 bits per heavy atom. The van der Waals surface area contributed by atoms with Gasteiger partial charge in [-0.15, -0.1) is 5.10 Å². The van der Waals surface area contributed by atoms with E-state index in [0.717, 1.165) is 5.56 Å². The molecule has 12 nitrogen and oxygen atoms in total. The van der Waals surface area contributed by atoms with E-state index in [9.17, 15) is 19.2 Å². The highest BCUT2D eigenvalue weighted by atomic mass is 35.5. The molecule has 1 heterocycles. The molecule has 4 N–H and O–H groups in total. The van der Waals surface area contributed by atoms with E-state index in [4.69, 9.17) is 16.7 Å².